The molecule has 0 amide bonds. The molecule has 0 atom stereocenters. The van der Waals surface area contributed by atoms with Gasteiger partial charge in [-0.3, -0.25) is 0 Å². The zero-order chi connectivity index (χ0) is 9.26. The van der Waals surface area contributed by atoms with Gasteiger partial charge in [0.1, 0.15) is 5.75 Å². The van der Waals surface area contributed by atoms with Crippen LogP contribution in [0.5, 0.6) is 5.75 Å². The number of phenolic OH excluding ortho intramolecular Hbond substituents is 1. The van der Waals surface area contributed by atoms with Crippen LogP contribution in [-0.4, -0.2) is 5.11 Å². The van der Waals surface area contributed by atoms with Crippen molar-refractivity contribution >= 4 is 0 Å². The summed E-state index contributed by atoms with van der Waals surface area (Å²) in [5, 5.41) is 9.87. The first-order chi connectivity index (χ1) is 6.31. The predicted molar refractivity (Wildman–Crippen MR) is 53.9 cm³/mol. The van der Waals surface area contributed by atoms with Crippen LogP contribution >= 0.6 is 0 Å². The van der Waals surface area contributed by atoms with Crippen molar-refractivity contribution in [1.82, 2.24) is 0 Å². The fourth-order valence-corrected chi connectivity index (χ4v) is 1.73. The summed E-state index contributed by atoms with van der Waals surface area (Å²) in [7, 11) is 0. The van der Waals surface area contributed by atoms with E-state index in [1.807, 2.05) is 12.1 Å². The smallest absolute Gasteiger partial charge is 0.121 e. The maximum atomic E-state index is 9.87. The summed E-state index contributed by atoms with van der Waals surface area (Å²) in [6.45, 7) is 2.08. The summed E-state index contributed by atoms with van der Waals surface area (Å²) in [4.78, 5) is 0. The van der Waals surface area contributed by atoms with E-state index < -0.39 is 0 Å². The maximum Gasteiger partial charge on any atom is 0.121 e. The average Bonchev–Trinajstić information content (AvgIpc) is 2.92. The Bertz CT molecular complexity index is 300. The van der Waals surface area contributed by atoms with Gasteiger partial charge in [0.15, 0.2) is 0 Å². The summed E-state index contributed by atoms with van der Waals surface area (Å²) < 4.78 is 0. The topological polar surface area (TPSA) is 20.2 Å². The van der Waals surface area contributed by atoms with E-state index in [2.05, 4.69) is 13.0 Å². The molecule has 0 aromatic heterocycles. The van der Waals surface area contributed by atoms with E-state index in [1.165, 1.54) is 12.8 Å². The van der Waals surface area contributed by atoms with Crippen molar-refractivity contribution in [2.45, 2.75) is 32.6 Å². The summed E-state index contributed by atoms with van der Waals surface area (Å²) >= 11 is 0. The zero-order valence-electron chi connectivity index (χ0n) is 8.09. The lowest BCUT2D eigenvalue weighted by Gasteiger charge is -2.07. The van der Waals surface area contributed by atoms with Crippen molar-refractivity contribution in [2.24, 2.45) is 5.92 Å². The molecule has 1 aliphatic rings. The molecule has 1 saturated carbocycles. The highest BCUT2D eigenvalue weighted by atomic mass is 16.3. The van der Waals surface area contributed by atoms with Gasteiger partial charge in [-0.2, -0.15) is 0 Å². The number of hydrogen-bond acceptors (Lipinski definition) is 1. The molecule has 1 aliphatic carbocycles. The zero-order valence-corrected chi connectivity index (χ0v) is 8.09. The number of rotatable bonds is 3. The van der Waals surface area contributed by atoms with Crippen LogP contribution in [0, 0.1) is 5.92 Å². The lowest BCUT2D eigenvalue weighted by molar-refractivity contribution is 0.460. The van der Waals surface area contributed by atoms with Crippen LogP contribution in [0.3, 0.4) is 0 Å². The number of hydrogen-bond donors (Lipinski definition) is 1. The van der Waals surface area contributed by atoms with Crippen molar-refractivity contribution < 1.29 is 5.11 Å². The second-order valence-corrected chi connectivity index (χ2v) is 3.93. The van der Waals surface area contributed by atoms with Gasteiger partial charge in [-0.05, 0) is 42.7 Å². The fraction of sp³-hybridized carbons (Fsp3) is 0.500. The molecule has 13 heavy (non-hydrogen) atoms. The lowest BCUT2D eigenvalue weighted by Crippen LogP contribution is -1.91. The van der Waals surface area contributed by atoms with E-state index in [-0.39, 0.29) is 0 Å². The molecule has 1 aromatic rings. The van der Waals surface area contributed by atoms with Gasteiger partial charge >= 0.3 is 0 Å². The Morgan fingerprint density at radius 1 is 1.31 bits per heavy atom. The van der Waals surface area contributed by atoms with Crippen LogP contribution < -0.4 is 0 Å². The fourth-order valence-electron chi connectivity index (χ4n) is 1.73. The Kier molecular flexibility index (Phi) is 2.26. The van der Waals surface area contributed by atoms with Crippen molar-refractivity contribution in [2.75, 3.05) is 0 Å². The van der Waals surface area contributed by atoms with Crippen molar-refractivity contribution in [3.05, 3.63) is 29.3 Å². The summed E-state index contributed by atoms with van der Waals surface area (Å²) in [5.41, 5.74) is 2.22. The number of para-hydroxylation sites is 1. The monoisotopic (exact) mass is 176 g/mol. The van der Waals surface area contributed by atoms with Gasteiger partial charge in [0.2, 0.25) is 0 Å². The van der Waals surface area contributed by atoms with E-state index in [1.54, 1.807) is 0 Å². The van der Waals surface area contributed by atoms with E-state index in [9.17, 15) is 5.11 Å². The third-order valence-corrected chi connectivity index (χ3v) is 2.79. The third-order valence-electron chi connectivity index (χ3n) is 2.79. The molecule has 2 rings (SSSR count). The second kappa shape index (κ2) is 3.41. The quantitative estimate of drug-likeness (QED) is 0.750. The highest BCUT2D eigenvalue weighted by molar-refractivity contribution is 5.40. The minimum absolute atomic E-state index is 0.539. The highest BCUT2D eigenvalue weighted by Gasteiger charge is 2.22. The van der Waals surface area contributed by atoms with E-state index >= 15 is 0 Å². The number of benzene rings is 1. The molecule has 0 unspecified atom stereocenters. The maximum absolute atomic E-state index is 9.87. The van der Waals surface area contributed by atoms with Gasteiger partial charge in [-0.15, -0.1) is 0 Å². The van der Waals surface area contributed by atoms with Crippen LogP contribution in [0.1, 0.15) is 30.9 Å². The largest absolute Gasteiger partial charge is 0.507 e. The molecule has 0 saturated heterocycles. The Balaban J connectivity index is 2.22. The molecule has 70 valence electrons. The minimum atomic E-state index is 0.539. The molecule has 0 radical (unpaired) electrons. The summed E-state index contributed by atoms with van der Waals surface area (Å²) in [5.74, 6) is 1.38. The first-order valence-corrected chi connectivity index (χ1v) is 5.11. The number of phenols is 1. The van der Waals surface area contributed by atoms with Gasteiger partial charge in [0.25, 0.3) is 0 Å². The Labute approximate surface area is 79.4 Å². The van der Waals surface area contributed by atoms with E-state index in [4.69, 9.17) is 0 Å². The molecule has 0 aliphatic heterocycles. The van der Waals surface area contributed by atoms with Crippen LogP contribution in [0.2, 0.25) is 0 Å². The molecule has 1 aromatic carbocycles. The Morgan fingerprint density at radius 3 is 2.62 bits per heavy atom. The first-order valence-electron chi connectivity index (χ1n) is 5.11. The Morgan fingerprint density at radius 2 is 2.00 bits per heavy atom. The standard InChI is InChI=1S/C12H16O/c1-2-10-4-3-5-11(12(10)13)8-9-6-7-9/h3-5,9,13H,2,6-8H2,1H3. The summed E-state index contributed by atoms with van der Waals surface area (Å²) in [6, 6.07) is 6.11. The van der Waals surface area contributed by atoms with Gasteiger partial charge in [-0.1, -0.05) is 25.1 Å². The van der Waals surface area contributed by atoms with Crippen molar-refractivity contribution in [3.8, 4) is 5.75 Å². The van der Waals surface area contributed by atoms with Gasteiger partial charge in [0.05, 0.1) is 0 Å². The third kappa shape index (κ3) is 1.85. The molecule has 0 spiro atoms. The highest BCUT2D eigenvalue weighted by Crippen LogP contribution is 2.35. The molecule has 0 bridgehead atoms. The lowest BCUT2D eigenvalue weighted by atomic mass is 10.0. The normalized spacial score (nSPS) is 16.1. The minimum Gasteiger partial charge on any atom is -0.507 e. The molecular formula is C12H16O. The van der Waals surface area contributed by atoms with Crippen LogP contribution in [0.25, 0.3) is 0 Å². The molecule has 1 heteroatoms. The summed E-state index contributed by atoms with van der Waals surface area (Å²) in [6.07, 6.45) is 4.68. The van der Waals surface area contributed by atoms with E-state index in [0.717, 1.165) is 29.9 Å². The van der Waals surface area contributed by atoms with Gasteiger partial charge in [-0.25, -0.2) is 0 Å². The molecular weight excluding hydrogens is 160 g/mol. The number of aromatic hydroxyl groups is 1. The predicted octanol–water partition coefficient (Wildman–Crippen LogP) is 2.91. The average molecular weight is 176 g/mol. The second-order valence-electron chi connectivity index (χ2n) is 3.93. The first kappa shape index (κ1) is 8.61. The van der Waals surface area contributed by atoms with Crippen LogP contribution in [0.4, 0.5) is 0 Å². The van der Waals surface area contributed by atoms with Crippen LogP contribution in [0.15, 0.2) is 18.2 Å². The van der Waals surface area contributed by atoms with E-state index in [0.29, 0.717) is 5.75 Å². The van der Waals surface area contributed by atoms with Crippen molar-refractivity contribution in [3.63, 3.8) is 0 Å². The number of aryl methyl sites for hydroxylation is 1. The van der Waals surface area contributed by atoms with Crippen molar-refractivity contribution in [1.29, 1.82) is 0 Å². The molecule has 1 fully saturated rings. The van der Waals surface area contributed by atoms with Gasteiger partial charge < -0.3 is 5.11 Å². The molecule has 0 heterocycles. The molecule has 1 N–H and O–H groups in total. The SMILES string of the molecule is CCc1cccc(CC2CC2)c1O. The van der Waals surface area contributed by atoms with Gasteiger partial charge in [0, 0.05) is 0 Å². The molecule has 1 nitrogen and oxygen atoms in total. The van der Waals surface area contributed by atoms with Crippen LogP contribution in [-0.2, 0) is 12.8 Å². The Hall–Kier alpha value is -0.980.